The number of anilines is 1. The van der Waals surface area contributed by atoms with Crippen molar-refractivity contribution in [1.82, 2.24) is 5.32 Å². The predicted molar refractivity (Wildman–Crippen MR) is 79.2 cm³/mol. The van der Waals surface area contributed by atoms with Crippen LogP contribution in [-0.2, 0) is 4.79 Å². The zero-order valence-electron chi connectivity index (χ0n) is 12.0. The molecule has 0 atom stereocenters. The molecule has 2 N–H and O–H groups in total. The minimum absolute atomic E-state index is 0. The average Bonchev–Trinajstić information content (AvgIpc) is 2.38. The van der Waals surface area contributed by atoms with E-state index >= 15 is 0 Å². The minimum Gasteiger partial charge on any atom is -0.406 e. The summed E-state index contributed by atoms with van der Waals surface area (Å²) in [5, 5.41) is 5.83. The molecule has 0 aliphatic carbocycles. The van der Waals surface area contributed by atoms with Gasteiger partial charge in [0.2, 0.25) is 5.91 Å². The van der Waals surface area contributed by atoms with E-state index in [1.807, 2.05) is 6.92 Å². The number of carbonyl (C=O) groups is 1. The van der Waals surface area contributed by atoms with E-state index in [-0.39, 0.29) is 24.1 Å². The van der Waals surface area contributed by atoms with Gasteiger partial charge in [-0.3, -0.25) is 4.79 Å². The minimum atomic E-state index is -4.75. The molecule has 0 spiro atoms. The lowest BCUT2D eigenvalue weighted by Crippen LogP contribution is -2.42. The van der Waals surface area contributed by atoms with Gasteiger partial charge in [0.1, 0.15) is 5.75 Å². The lowest BCUT2D eigenvalue weighted by atomic mass is 9.80. The van der Waals surface area contributed by atoms with Crippen LogP contribution in [0.25, 0.3) is 0 Å². The highest BCUT2D eigenvalue weighted by Crippen LogP contribution is 2.30. The van der Waals surface area contributed by atoms with Crippen molar-refractivity contribution in [1.29, 1.82) is 0 Å². The smallest absolute Gasteiger partial charge is 0.406 e. The highest BCUT2D eigenvalue weighted by molar-refractivity contribution is 5.95. The van der Waals surface area contributed by atoms with Crippen molar-refractivity contribution >= 4 is 24.0 Å². The summed E-state index contributed by atoms with van der Waals surface area (Å²) in [6.45, 7) is 3.36. The molecule has 1 aliphatic heterocycles. The molecule has 4 nitrogen and oxygen atoms in total. The fraction of sp³-hybridized carbons (Fsp3) is 0.500. The summed E-state index contributed by atoms with van der Waals surface area (Å²) < 4.78 is 40.3. The van der Waals surface area contributed by atoms with Crippen molar-refractivity contribution in [2.45, 2.75) is 26.1 Å². The van der Waals surface area contributed by atoms with E-state index in [9.17, 15) is 18.0 Å². The van der Waals surface area contributed by atoms with E-state index in [1.54, 1.807) is 0 Å². The molecule has 1 heterocycles. The van der Waals surface area contributed by atoms with Crippen LogP contribution in [0.4, 0.5) is 18.9 Å². The van der Waals surface area contributed by atoms with Gasteiger partial charge in [-0.2, -0.15) is 0 Å². The standard InChI is InChI=1S/C14H17F3N2O2.ClH/c1-13(5-7-18-8-6-13)12(20)19-10-3-2-4-11(9-10)21-14(15,16)17;/h2-4,9,18H,5-8H2,1H3,(H,19,20);1H. The van der Waals surface area contributed by atoms with Crippen LogP contribution >= 0.6 is 12.4 Å². The summed E-state index contributed by atoms with van der Waals surface area (Å²) in [6.07, 6.45) is -3.36. The molecule has 0 unspecified atom stereocenters. The third kappa shape index (κ3) is 5.06. The normalized spacial score (nSPS) is 17.3. The maximum absolute atomic E-state index is 12.3. The lowest BCUT2D eigenvalue weighted by molar-refractivity contribution is -0.274. The molecule has 1 aromatic carbocycles. The first kappa shape index (κ1) is 18.6. The van der Waals surface area contributed by atoms with Crippen LogP contribution in [-0.4, -0.2) is 25.4 Å². The number of rotatable bonds is 3. The summed E-state index contributed by atoms with van der Waals surface area (Å²) in [5.41, 5.74) is -0.215. The van der Waals surface area contributed by atoms with Gasteiger partial charge in [0.25, 0.3) is 0 Å². The van der Waals surface area contributed by atoms with Crippen molar-refractivity contribution in [2.75, 3.05) is 18.4 Å². The highest BCUT2D eigenvalue weighted by Gasteiger charge is 2.35. The van der Waals surface area contributed by atoms with E-state index in [0.717, 1.165) is 19.2 Å². The monoisotopic (exact) mass is 338 g/mol. The van der Waals surface area contributed by atoms with Crippen molar-refractivity contribution in [3.05, 3.63) is 24.3 Å². The number of carbonyl (C=O) groups excluding carboxylic acids is 1. The van der Waals surface area contributed by atoms with Gasteiger partial charge in [-0.1, -0.05) is 13.0 Å². The number of nitrogens with one attached hydrogen (secondary N) is 2. The summed E-state index contributed by atoms with van der Waals surface area (Å²) in [7, 11) is 0. The van der Waals surface area contributed by atoms with E-state index < -0.39 is 11.8 Å². The van der Waals surface area contributed by atoms with Gasteiger partial charge in [0.15, 0.2) is 0 Å². The second kappa shape index (κ2) is 7.19. The topological polar surface area (TPSA) is 50.4 Å². The second-order valence-corrected chi connectivity index (χ2v) is 5.34. The molecule has 1 amide bonds. The molecule has 0 saturated carbocycles. The second-order valence-electron chi connectivity index (χ2n) is 5.34. The fourth-order valence-electron chi connectivity index (χ4n) is 2.26. The molecule has 8 heteroatoms. The first-order valence-corrected chi connectivity index (χ1v) is 6.66. The Morgan fingerprint density at radius 2 is 1.95 bits per heavy atom. The van der Waals surface area contributed by atoms with E-state index in [4.69, 9.17) is 0 Å². The van der Waals surface area contributed by atoms with Crippen LogP contribution < -0.4 is 15.4 Å². The fourth-order valence-corrected chi connectivity index (χ4v) is 2.26. The van der Waals surface area contributed by atoms with Gasteiger partial charge in [-0.05, 0) is 38.1 Å². The number of alkyl halides is 3. The Hall–Kier alpha value is -1.47. The lowest BCUT2D eigenvalue weighted by Gasteiger charge is -2.32. The maximum Gasteiger partial charge on any atom is 0.573 e. The molecule has 2 rings (SSSR count). The summed E-state index contributed by atoms with van der Waals surface area (Å²) >= 11 is 0. The highest BCUT2D eigenvalue weighted by atomic mass is 35.5. The van der Waals surface area contributed by atoms with E-state index in [2.05, 4.69) is 15.4 Å². The Morgan fingerprint density at radius 3 is 2.55 bits per heavy atom. The van der Waals surface area contributed by atoms with E-state index in [1.165, 1.54) is 18.2 Å². The Labute approximate surface area is 132 Å². The first-order chi connectivity index (χ1) is 9.78. The zero-order valence-corrected chi connectivity index (χ0v) is 12.8. The SMILES string of the molecule is CC1(C(=O)Nc2cccc(OC(F)(F)F)c2)CCNCC1.Cl. The van der Waals surface area contributed by atoms with Gasteiger partial charge in [-0.25, -0.2) is 0 Å². The molecule has 124 valence electrons. The van der Waals surface area contributed by atoms with Gasteiger partial charge in [0.05, 0.1) is 0 Å². The Kier molecular flexibility index (Phi) is 6.08. The molecule has 22 heavy (non-hydrogen) atoms. The number of benzene rings is 1. The third-order valence-corrected chi connectivity index (χ3v) is 3.58. The number of ether oxygens (including phenoxy) is 1. The van der Waals surface area contributed by atoms with Gasteiger partial charge < -0.3 is 15.4 Å². The van der Waals surface area contributed by atoms with Crippen LogP contribution in [0.1, 0.15) is 19.8 Å². The van der Waals surface area contributed by atoms with Gasteiger partial charge in [0, 0.05) is 17.2 Å². The third-order valence-electron chi connectivity index (χ3n) is 3.58. The van der Waals surface area contributed by atoms with E-state index in [0.29, 0.717) is 18.5 Å². The molecular weight excluding hydrogens is 321 g/mol. The zero-order chi connectivity index (χ0) is 15.5. The summed E-state index contributed by atoms with van der Waals surface area (Å²) in [5.74, 6) is -0.538. The molecule has 1 saturated heterocycles. The van der Waals surface area contributed by atoms with Crippen LogP contribution in [0.5, 0.6) is 5.75 Å². The van der Waals surface area contributed by atoms with Gasteiger partial charge >= 0.3 is 6.36 Å². The molecule has 1 aromatic rings. The molecule has 0 aromatic heterocycles. The first-order valence-electron chi connectivity index (χ1n) is 6.66. The largest absolute Gasteiger partial charge is 0.573 e. The number of amides is 1. The Bertz CT molecular complexity index is 517. The molecule has 1 aliphatic rings. The number of piperidine rings is 1. The van der Waals surface area contributed by atoms with Crippen LogP contribution in [0.15, 0.2) is 24.3 Å². The average molecular weight is 339 g/mol. The molecular formula is C14H18ClF3N2O2. The van der Waals surface area contributed by atoms with Gasteiger partial charge in [-0.15, -0.1) is 25.6 Å². The van der Waals surface area contributed by atoms with Crippen molar-refractivity contribution in [3.8, 4) is 5.75 Å². The van der Waals surface area contributed by atoms with Crippen molar-refractivity contribution in [2.24, 2.45) is 5.41 Å². The van der Waals surface area contributed by atoms with Crippen LogP contribution in [0.2, 0.25) is 0 Å². The Morgan fingerprint density at radius 1 is 1.32 bits per heavy atom. The predicted octanol–water partition coefficient (Wildman–Crippen LogP) is 3.34. The molecule has 0 bridgehead atoms. The molecule has 1 fully saturated rings. The number of hydrogen-bond acceptors (Lipinski definition) is 3. The van der Waals surface area contributed by atoms with Crippen molar-refractivity contribution < 1.29 is 22.7 Å². The van der Waals surface area contributed by atoms with Crippen molar-refractivity contribution in [3.63, 3.8) is 0 Å². The maximum atomic E-state index is 12.3. The van der Waals surface area contributed by atoms with Crippen LogP contribution in [0.3, 0.4) is 0 Å². The Balaban J connectivity index is 0.00000242. The number of halogens is 4. The summed E-state index contributed by atoms with van der Waals surface area (Å²) in [6, 6.07) is 5.29. The number of hydrogen-bond donors (Lipinski definition) is 2. The quantitative estimate of drug-likeness (QED) is 0.888. The molecule has 0 radical (unpaired) electrons. The summed E-state index contributed by atoms with van der Waals surface area (Å²) in [4.78, 5) is 12.3. The van der Waals surface area contributed by atoms with Crippen LogP contribution in [0, 0.1) is 5.41 Å².